The molecule has 1 atom stereocenters. The molecule has 7 heteroatoms. The minimum atomic E-state index is -0.285. The molecule has 0 aliphatic carbocycles. The number of nitrogens with two attached hydrogens (primary N) is 1. The number of rotatable bonds is 2. The Morgan fingerprint density at radius 1 is 1.15 bits per heavy atom. The van der Waals surface area contributed by atoms with Crippen LogP contribution in [-0.4, -0.2) is 60.6 Å². The van der Waals surface area contributed by atoms with Crippen molar-refractivity contribution in [1.82, 2.24) is 9.97 Å². The molecule has 2 saturated heterocycles. The first-order valence-electron chi connectivity index (χ1n) is 7.12. The molecule has 0 spiro atoms. The Kier molecular flexibility index (Phi) is 3.88. The lowest BCUT2D eigenvalue weighted by Gasteiger charge is -2.32. The van der Waals surface area contributed by atoms with E-state index >= 15 is 0 Å². The van der Waals surface area contributed by atoms with Crippen LogP contribution in [0.1, 0.15) is 12.8 Å². The zero-order valence-corrected chi connectivity index (χ0v) is 11.5. The van der Waals surface area contributed by atoms with Gasteiger partial charge in [-0.25, -0.2) is 0 Å². The summed E-state index contributed by atoms with van der Waals surface area (Å²) in [7, 11) is 0. The zero-order valence-electron chi connectivity index (χ0n) is 11.5. The van der Waals surface area contributed by atoms with Crippen molar-refractivity contribution in [1.29, 1.82) is 0 Å². The molecule has 20 heavy (non-hydrogen) atoms. The average molecular weight is 279 g/mol. The first-order chi connectivity index (χ1) is 9.72. The minimum Gasteiger partial charge on any atom is -0.391 e. The molecule has 0 radical (unpaired) electrons. The van der Waals surface area contributed by atoms with Crippen molar-refractivity contribution in [3.63, 3.8) is 0 Å². The second-order valence-corrected chi connectivity index (χ2v) is 5.28. The number of nitrogens with zero attached hydrogens (tertiary/aromatic N) is 4. The molecule has 110 valence electrons. The molecule has 1 aromatic rings. The van der Waals surface area contributed by atoms with E-state index in [1.165, 1.54) is 0 Å². The molecule has 3 heterocycles. The third-order valence-electron chi connectivity index (χ3n) is 3.77. The maximum Gasteiger partial charge on any atom is 0.223 e. The highest BCUT2D eigenvalue weighted by Crippen LogP contribution is 2.23. The van der Waals surface area contributed by atoms with Crippen molar-refractivity contribution in [2.75, 3.05) is 54.9 Å². The lowest BCUT2D eigenvalue weighted by molar-refractivity contribution is 0.122. The van der Waals surface area contributed by atoms with E-state index in [4.69, 9.17) is 10.5 Å². The SMILES string of the molecule is Nc1nc(N2CCOCC2)cc(N2CCC[C@H](O)C2)n1. The Bertz CT molecular complexity index is 464. The number of aliphatic hydroxyl groups is 1. The van der Waals surface area contributed by atoms with Gasteiger partial charge < -0.3 is 25.4 Å². The predicted octanol–water partition coefficient (Wildman–Crippen LogP) is -0.144. The number of aliphatic hydroxyl groups excluding tert-OH is 1. The summed E-state index contributed by atoms with van der Waals surface area (Å²) in [5.74, 6) is 1.93. The Balaban J connectivity index is 1.82. The summed E-state index contributed by atoms with van der Waals surface area (Å²) in [5, 5.41) is 9.78. The van der Waals surface area contributed by atoms with Crippen LogP contribution in [0.25, 0.3) is 0 Å². The van der Waals surface area contributed by atoms with E-state index in [1.54, 1.807) is 0 Å². The fourth-order valence-electron chi connectivity index (χ4n) is 2.72. The quantitative estimate of drug-likeness (QED) is 0.778. The third-order valence-corrected chi connectivity index (χ3v) is 3.77. The molecular weight excluding hydrogens is 258 g/mol. The minimum absolute atomic E-state index is 0.282. The van der Waals surface area contributed by atoms with Gasteiger partial charge in [0.25, 0.3) is 0 Å². The van der Waals surface area contributed by atoms with Gasteiger partial charge in [-0.15, -0.1) is 0 Å². The van der Waals surface area contributed by atoms with Crippen molar-refractivity contribution >= 4 is 17.6 Å². The van der Waals surface area contributed by atoms with Gasteiger partial charge in [-0.3, -0.25) is 0 Å². The topological polar surface area (TPSA) is 87.7 Å². The molecule has 3 N–H and O–H groups in total. The maximum atomic E-state index is 9.78. The Morgan fingerprint density at radius 3 is 2.55 bits per heavy atom. The van der Waals surface area contributed by atoms with Gasteiger partial charge in [0.05, 0.1) is 19.3 Å². The Hall–Kier alpha value is -1.60. The van der Waals surface area contributed by atoms with Crippen LogP contribution < -0.4 is 15.5 Å². The summed E-state index contributed by atoms with van der Waals surface area (Å²) >= 11 is 0. The maximum absolute atomic E-state index is 9.78. The van der Waals surface area contributed by atoms with E-state index < -0.39 is 0 Å². The van der Waals surface area contributed by atoms with Crippen LogP contribution in [0.5, 0.6) is 0 Å². The fraction of sp³-hybridized carbons (Fsp3) is 0.692. The van der Waals surface area contributed by atoms with E-state index in [0.29, 0.717) is 19.8 Å². The number of ether oxygens (including phenoxy) is 1. The van der Waals surface area contributed by atoms with E-state index in [-0.39, 0.29) is 12.1 Å². The number of anilines is 3. The molecule has 0 bridgehead atoms. The molecule has 2 aliphatic rings. The van der Waals surface area contributed by atoms with E-state index in [2.05, 4.69) is 19.8 Å². The first-order valence-corrected chi connectivity index (χ1v) is 7.12. The number of aromatic nitrogens is 2. The summed E-state index contributed by atoms with van der Waals surface area (Å²) in [5.41, 5.74) is 5.84. The predicted molar refractivity (Wildman–Crippen MR) is 76.9 cm³/mol. The summed E-state index contributed by atoms with van der Waals surface area (Å²) in [6.45, 7) is 4.56. The lowest BCUT2D eigenvalue weighted by atomic mass is 10.1. The van der Waals surface area contributed by atoms with Crippen molar-refractivity contribution in [2.24, 2.45) is 0 Å². The van der Waals surface area contributed by atoms with Gasteiger partial charge in [0.1, 0.15) is 11.6 Å². The van der Waals surface area contributed by atoms with Crippen LogP contribution in [0, 0.1) is 0 Å². The van der Waals surface area contributed by atoms with E-state index in [9.17, 15) is 5.11 Å². The Morgan fingerprint density at radius 2 is 1.85 bits per heavy atom. The highest BCUT2D eigenvalue weighted by Gasteiger charge is 2.21. The second kappa shape index (κ2) is 5.80. The molecular formula is C13H21N5O2. The molecule has 0 amide bonds. The normalized spacial score (nSPS) is 23.9. The molecule has 2 aliphatic heterocycles. The summed E-state index contributed by atoms with van der Waals surface area (Å²) in [6.07, 6.45) is 1.54. The van der Waals surface area contributed by atoms with Crippen LogP contribution in [-0.2, 0) is 4.74 Å². The smallest absolute Gasteiger partial charge is 0.223 e. The van der Waals surface area contributed by atoms with Crippen molar-refractivity contribution < 1.29 is 9.84 Å². The van der Waals surface area contributed by atoms with Gasteiger partial charge in [-0.05, 0) is 12.8 Å². The van der Waals surface area contributed by atoms with Crippen molar-refractivity contribution in [3.8, 4) is 0 Å². The largest absolute Gasteiger partial charge is 0.391 e. The molecule has 0 aromatic carbocycles. The molecule has 1 aromatic heterocycles. The highest BCUT2D eigenvalue weighted by atomic mass is 16.5. The monoisotopic (exact) mass is 279 g/mol. The zero-order chi connectivity index (χ0) is 13.9. The van der Waals surface area contributed by atoms with Gasteiger partial charge in [0.15, 0.2) is 0 Å². The summed E-state index contributed by atoms with van der Waals surface area (Å²) < 4.78 is 5.35. The average Bonchev–Trinajstić information content (AvgIpc) is 2.47. The number of nitrogen functional groups attached to an aromatic ring is 1. The van der Waals surface area contributed by atoms with Gasteiger partial charge in [0.2, 0.25) is 5.95 Å². The van der Waals surface area contributed by atoms with Gasteiger partial charge in [-0.1, -0.05) is 0 Å². The molecule has 0 unspecified atom stereocenters. The van der Waals surface area contributed by atoms with E-state index in [1.807, 2.05) is 6.07 Å². The lowest BCUT2D eigenvalue weighted by Crippen LogP contribution is -2.40. The second-order valence-electron chi connectivity index (χ2n) is 5.28. The highest BCUT2D eigenvalue weighted by molar-refractivity contribution is 5.54. The Labute approximate surface area is 118 Å². The van der Waals surface area contributed by atoms with Gasteiger partial charge in [0, 0.05) is 32.2 Å². The number of hydrogen-bond acceptors (Lipinski definition) is 7. The van der Waals surface area contributed by atoms with Crippen molar-refractivity contribution in [2.45, 2.75) is 18.9 Å². The van der Waals surface area contributed by atoms with Crippen LogP contribution in [0.4, 0.5) is 17.6 Å². The molecule has 3 rings (SSSR count). The van der Waals surface area contributed by atoms with Crippen molar-refractivity contribution in [3.05, 3.63) is 6.07 Å². The van der Waals surface area contributed by atoms with Gasteiger partial charge in [-0.2, -0.15) is 9.97 Å². The number of piperidine rings is 1. The standard InChI is InChI=1S/C13H21N5O2/c14-13-15-11(17-4-6-20-7-5-17)8-12(16-13)18-3-1-2-10(19)9-18/h8,10,19H,1-7,9H2,(H2,14,15,16)/t10-/m0/s1. The number of hydrogen-bond donors (Lipinski definition) is 2. The summed E-state index contributed by atoms with van der Waals surface area (Å²) in [4.78, 5) is 12.9. The van der Waals surface area contributed by atoms with Crippen LogP contribution in [0.3, 0.4) is 0 Å². The molecule has 7 nitrogen and oxygen atoms in total. The van der Waals surface area contributed by atoms with Gasteiger partial charge >= 0.3 is 0 Å². The number of β-amino-alcohol motifs (C(OH)–C–C–N with tert-alkyl or cyclic N) is 1. The van der Waals surface area contributed by atoms with Crippen LogP contribution >= 0.6 is 0 Å². The third kappa shape index (κ3) is 2.94. The molecule has 0 saturated carbocycles. The number of morpholine rings is 1. The van der Waals surface area contributed by atoms with Crippen LogP contribution in [0.15, 0.2) is 6.07 Å². The summed E-state index contributed by atoms with van der Waals surface area (Å²) in [6, 6.07) is 1.96. The molecule has 2 fully saturated rings. The first kappa shape index (κ1) is 13.4. The fourth-order valence-corrected chi connectivity index (χ4v) is 2.72. The van der Waals surface area contributed by atoms with E-state index in [0.717, 1.165) is 44.1 Å². The van der Waals surface area contributed by atoms with Crippen LogP contribution in [0.2, 0.25) is 0 Å².